The largest absolute Gasteiger partial charge is 0.340 e. The molecule has 0 bridgehead atoms. The molecule has 1 rings (SSSR count). The van der Waals surface area contributed by atoms with Crippen LogP contribution in [-0.2, 0) is 4.79 Å². The summed E-state index contributed by atoms with van der Waals surface area (Å²) >= 11 is 0. The van der Waals surface area contributed by atoms with Gasteiger partial charge in [0.1, 0.15) is 0 Å². The highest BCUT2D eigenvalue weighted by atomic mass is 16.2. The highest BCUT2D eigenvalue weighted by molar-refractivity contribution is 5.75. The van der Waals surface area contributed by atoms with Crippen LogP contribution in [0, 0.1) is 0 Å². The average molecular weight is 156 g/mol. The summed E-state index contributed by atoms with van der Waals surface area (Å²) in [4.78, 5) is 15.4. The number of hydrogen-bond acceptors (Lipinski definition) is 2. The molecule has 0 unspecified atom stereocenters. The van der Waals surface area contributed by atoms with Crippen molar-refractivity contribution in [3.05, 3.63) is 0 Å². The van der Waals surface area contributed by atoms with Gasteiger partial charge in [0.15, 0.2) is 0 Å². The van der Waals surface area contributed by atoms with Gasteiger partial charge in [0.2, 0.25) is 5.91 Å². The third-order valence-electron chi connectivity index (χ3n) is 2.16. The molecule has 1 amide bonds. The van der Waals surface area contributed by atoms with Gasteiger partial charge in [-0.1, -0.05) is 6.92 Å². The molecule has 0 aromatic rings. The van der Waals surface area contributed by atoms with Gasteiger partial charge in [-0.15, -0.1) is 0 Å². The van der Waals surface area contributed by atoms with Gasteiger partial charge < -0.3 is 9.80 Å². The third kappa shape index (κ3) is 2.19. The van der Waals surface area contributed by atoms with Crippen LogP contribution in [0.2, 0.25) is 0 Å². The van der Waals surface area contributed by atoms with E-state index < -0.39 is 0 Å². The lowest BCUT2D eigenvalue weighted by Gasteiger charge is -2.32. The molecular formula is C8H16N2O. The molecule has 0 spiro atoms. The van der Waals surface area contributed by atoms with Crippen LogP contribution in [0.1, 0.15) is 13.3 Å². The zero-order valence-electron chi connectivity index (χ0n) is 7.34. The van der Waals surface area contributed by atoms with Crippen LogP contribution in [0.5, 0.6) is 0 Å². The van der Waals surface area contributed by atoms with Gasteiger partial charge in [0, 0.05) is 32.6 Å². The van der Waals surface area contributed by atoms with E-state index >= 15 is 0 Å². The number of piperazine rings is 1. The van der Waals surface area contributed by atoms with E-state index in [9.17, 15) is 4.79 Å². The Morgan fingerprint density at radius 1 is 1.27 bits per heavy atom. The summed E-state index contributed by atoms with van der Waals surface area (Å²) in [5.41, 5.74) is 0. The Kier molecular flexibility index (Phi) is 2.88. The van der Waals surface area contributed by atoms with Gasteiger partial charge in [-0.2, -0.15) is 0 Å². The predicted octanol–water partition coefficient (Wildman–Crippen LogP) is 0.170. The molecule has 1 saturated heterocycles. The lowest BCUT2D eigenvalue weighted by Crippen LogP contribution is -2.46. The van der Waals surface area contributed by atoms with Crippen LogP contribution in [-0.4, -0.2) is 48.9 Å². The Morgan fingerprint density at radius 3 is 2.27 bits per heavy atom. The molecule has 0 saturated carbocycles. The molecule has 0 N–H and O–H groups in total. The van der Waals surface area contributed by atoms with Crippen molar-refractivity contribution in [1.82, 2.24) is 9.80 Å². The first kappa shape index (κ1) is 8.53. The van der Waals surface area contributed by atoms with Crippen LogP contribution in [0.4, 0.5) is 0 Å². The van der Waals surface area contributed by atoms with E-state index in [-0.39, 0.29) is 5.91 Å². The van der Waals surface area contributed by atoms with Crippen molar-refractivity contribution >= 4 is 5.91 Å². The van der Waals surface area contributed by atoms with Crippen LogP contribution in [0.3, 0.4) is 0 Å². The number of likely N-dealkylation sites (N-methyl/N-ethyl adjacent to an activating group) is 1. The quantitative estimate of drug-likeness (QED) is 0.540. The molecule has 1 fully saturated rings. The van der Waals surface area contributed by atoms with Gasteiger partial charge in [0.05, 0.1) is 0 Å². The maximum atomic E-state index is 11.2. The number of carbonyl (C=O) groups is 1. The topological polar surface area (TPSA) is 23.6 Å². The zero-order chi connectivity index (χ0) is 8.27. The molecule has 11 heavy (non-hydrogen) atoms. The minimum absolute atomic E-state index is 0.290. The van der Waals surface area contributed by atoms with Crippen molar-refractivity contribution in [2.45, 2.75) is 13.3 Å². The van der Waals surface area contributed by atoms with Crippen molar-refractivity contribution in [2.24, 2.45) is 0 Å². The SMILES string of the molecule is CCC(=O)N1CCN(C)CC1. The van der Waals surface area contributed by atoms with Crippen molar-refractivity contribution in [3.63, 3.8) is 0 Å². The number of hydrogen-bond donors (Lipinski definition) is 0. The Balaban J connectivity index is 2.33. The van der Waals surface area contributed by atoms with Crippen LogP contribution < -0.4 is 0 Å². The Hall–Kier alpha value is -0.570. The summed E-state index contributed by atoms with van der Waals surface area (Å²) in [6.45, 7) is 5.77. The van der Waals surface area contributed by atoms with Crippen molar-refractivity contribution in [2.75, 3.05) is 33.2 Å². The van der Waals surface area contributed by atoms with E-state index in [1.54, 1.807) is 0 Å². The van der Waals surface area contributed by atoms with E-state index in [2.05, 4.69) is 11.9 Å². The van der Waals surface area contributed by atoms with Crippen molar-refractivity contribution < 1.29 is 4.79 Å². The summed E-state index contributed by atoms with van der Waals surface area (Å²) in [7, 11) is 2.09. The lowest BCUT2D eigenvalue weighted by molar-refractivity contribution is -0.132. The smallest absolute Gasteiger partial charge is 0.222 e. The summed E-state index contributed by atoms with van der Waals surface area (Å²) in [6.07, 6.45) is 0.643. The molecule has 0 aromatic heterocycles. The maximum absolute atomic E-state index is 11.2. The van der Waals surface area contributed by atoms with E-state index in [4.69, 9.17) is 0 Å². The fraction of sp³-hybridized carbons (Fsp3) is 0.875. The summed E-state index contributed by atoms with van der Waals surface area (Å²) in [6, 6.07) is 0. The fourth-order valence-corrected chi connectivity index (χ4v) is 1.28. The van der Waals surface area contributed by atoms with E-state index in [1.807, 2.05) is 11.8 Å². The molecule has 1 aliphatic rings. The third-order valence-corrected chi connectivity index (χ3v) is 2.16. The molecule has 0 radical (unpaired) electrons. The van der Waals surface area contributed by atoms with E-state index in [1.165, 1.54) is 0 Å². The Bertz CT molecular complexity index is 139. The lowest BCUT2D eigenvalue weighted by atomic mass is 10.3. The first-order valence-corrected chi connectivity index (χ1v) is 4.20. The number of amides is 1. The molecular weight excluding hydrogens is 140 g/mol. The van der Waals surface area contributed by atoms with Gasteiger partial charge in [-0.25, -0.2) is 0 Å². The van der Waals surface area contributed by atoms with Crippen LogP contribution >= 0.6 is 0 Å². The van der Waals surface area contributed by atoms with Gasteiger partial charge in [-0.05, 0) is 7.05 Å². The second-order valence-electron chi connectivity index (χ2n) is 3.04. The number of carbonyl (C=O) groups excluding carboxylic acids is 1. The van der Waals surface area contributed by atoms with Gasteiger partial charge in [0.25, 0.3) is 0 Å². The number of nitrogens with zero attached hydrogens (tertiary/aromatic N) is 2. The molecule has 0 atom stereocenters. The standard InChI is InChI=1S/C8H16N2O/c1-3-8(11)10-6-4-9(2)5-7-10/h3-7H2,1-2H3. The maximum Gasteiger partial charge on any atom is 0.222 e. The summed E-state index contributed by atoms with van der Waals surface area (Å²) in [5.74, 6) is 0.290. The normalized spacial score (nSPS) is 20.4. The molecule has 0 aromatic carbocycles. The molecule has 1 aliphatic heterocycles. The average Bonchev–Trinajstić information content (AvgIpc) is 2.05. The monoisotopic (exact) mass is 156 g/mol. The van der Waals surface area contributed by atoms with Crippen LogP contribution in [0.15, 0.2) is 0 Å². The molecule has 3 nitrogen and oxygen atoms in total. The second kappa shape index (κ2) is 3.72. The van der Waals surface area contributed by atoms with E-state index in [0.717, 1.165) is 26.2 Å². The predicted molar refractivity (Wildman–Crippen MR) is 44.4 cm³/mol. The summed E-state index contributed by atoms with van der Waals surface area (Å²) in [5, 5.41) is 0. The van der Waals surface area contributed by atoms with Gasteiger partial charge >= 0.3 is 0 Å². The van der Waals surface area contributed by atoms with E-state index in [0.29, 0.717) is 6.42 Å². The second-order valence-corrected chi connectivity index (χ2v) is 3.04. The minimum Gasteiger partial charge on any atom is -0.340 e. The Labute approximate surface area is 68.0 Å². The fourth-order valence-electron chi connectivity index (χ4n) is 1.28. The number of rotatable bonds is 1. The minimum atomic E-state index is 0.290. The molecule has 3 heteroatoms. The highest BCUT2D eigenvalue weighted by Crippen LogP contribution is 2.00. The first-order valence-electron chi connectivity index (χ1n) is 4.20. The van der Waals surface area contributed by atoms with Crippen molar-refractivity contribution in [1.29, 1.82) is 0 Å². The molecule has 64 valence electrons. The van der Waals surface area contributed by atoms with Crippen LogP contribution in [0.25, 0.3) is 0 Å². The highest BCUT2D eigenvalue weighted by Gasteiger charge is 2.16. The Morgan fingerprint density at radius 2 is 1.82 bits per heavy atom. The first-order chi connectivity index (χ1) is 5.24. The molecule has 0 aliphatic carbocycles. The van der Waals surface area contributed by atoms with Gasteiger partial charge in [-0.3, -0.25) is 4.79 Å². The van der Waals surface area contributed by atoms with Crippen molar-refractivity contribution in [3.8, 4) is 0 Å². The summed E-state index contributed by atoms with van der Waals surface area (Å²) < 4.78 is 0. The zero-order valence-corrected chi connectivity index (χ0v) is 7.34. The molecule has 1 heterocycles.